The summed E-state index contributed by atoms with van der Waals surface area (Å²) >= 11 is 0. The van der Waals surface area contributed by atoms with Crippen molar-refractivity contribution in [3.8, 4) is 0 Å². The van der Waals surface area contributed by atoms with Gasteiger partial charge in [-0.25, -0.2) is 0 Å². The van der Waals surface area contributed by atoms with Crippen LogP contribution >= 0.6 is 0 Å². The lowest BCUT2D eigenvalue weighted by Crippen LogP contribution is -2.38. The van der Waals surface area contributed by atoms with Crippen LogP contribution in [0.1, 0.15) is 44.2 Å². The zero-order valence-electron chi connectivity index (χ0n) is 13.4. The lowest BCUT2D eigenvalue weighted by atomic mass is 10.0. The van der Waals surface area contributed by atoms with Gasteiger partial charge in [-0.2, -0.15) is 0 Å². The van der Waals surface area contributed by atoms with Crippen molar-refractivity contribution >= 4 is 11.9 Å². The van der Waals surface area contributed by atoms with E-state index in [1.54, 1.807) is 4.90 Å². The molecule has 1 aliphatic heterocycles. The first-order valence-electron chi connectivity index (χ1n) is 8.13. The third kappa shape index (κ3) is 3.87. The van der Waals surface area contributed by atoms with Crippen LogP contribution in [0.15, 0.2) is 24.3 Å². The maximum absolute atomic E-state index is 12.4. The molecule has 2 atom stereocenters. The summed E-state index contributed by atoms with van der Waals surface area (Å²) in [5.41, 5.74) is 2.30. The number of carbonyl (C=O) groups is 2. The number of nitrogens with zero attached hydrogens (tertiary/aromatic N) is 1. The Labute approximate surface area is 132 Å². The molecule has 1 aromatic rings. The van der Waals surface area contributed by atoms with Gasteiger partial charge in [0.1, 0.15) is 0 Å². The number of hydrogen-bond donors (Lipinski definition) is 1. The van der Waals surface area contributed by atoms with Crippen molar-refractivity contribution in [3.05, 3.63) is 35.4 Å². The monoisotopic (exact) mass is 303 g/mol. The number of rotatable bonds is 6. The summed E-state index contributed by atoms with van der Waals surface area (Å²) < 4.78 is 0. The van der Waals surface area contributed by atoms with Crippen LogP contribution in [0.2, 0.25) is 0 Å². The van der Waals surface area contributed by atoms with Gasteiger partial charge in [-0.15, -0.1) is 0 Å². The third-order valence-electron chi connectivity index (χ3n) is 4.59. The Balaban J connectivity index is 1.93. The number of carboxylic acids is 1. The predicted octanol–water partition coefficient (Wildman–Crippen LogP) is 2.89. The highest BCUT2D eigenvalue weighted by atomic mass is 16.4. The minimum Gasteiger partial charge on any atom is -0.481 e. The molecule has 1 saturated heterocycles. The molecule has 22 heavy (non-hydrogen) atoms. The molecular formula is C18H25NO3. The van der Waals surface area contributed by atoms with Crippen LogP contribution in [0.4, 0.5) is 0 Å². The second-order valence-corrected chi connectivity index (χ2v) is 6.16. The first kappa shape index (κ1) is 16.5. The van der Waals surface area contributed by atoms with Crippen molar-refractivity contribution in [3.63, 3.8) is 0 Å². The molecule has 4 heteroatoms. The number of aliphatic carboxylic acids is 1. The molecule has 0 radical (unpaired) electrons. The molecule has 2 rings (SSSR count). The van der Waals surface area contributed by atoms with Crippen LogP contribution < -0.4 is 0 Å². The van der Waals surface area contributed by atoms with Gasteiger partial charge in [-0.05, 0) is 37.3 Å². The third-order valence-corrected chi connectivity index (χ3v) is 4.59. The fourth-order valence-electron chi connectivity index (χ4n) is 3.10. The molecule has 2 unspecified atom stereocenters. The Morgan fingerprint density at radius 1 is 1.23 bits per heavy atom. The highest BCUT2D eigenvalue weighted by molar-refractivity contribution is 5.81. The van der Waals surface area contributed by atoms with E-state index in [9.17, 15) is 9.59 Å². The number of unbranched alkanes of at least 4 members (excludes halogenated alkanes) is 1. The van der Waals surface area contributed by atoms with Crippen LogP contribution in [0, 0.1) is 5.92 Å². The van der Waals surface area contributed by atoms with E-state index in [1.165, 1.54) is 18.4 Å². The number of benzene rings is 1. The van der Waals surface area contributed by atoms with Crippen molar-refractivity contribution in [1.82, 2.24) is 4.90 Å². The van der Waals surface area contributed by atoms with Crippen molar-refractivity contribution in [2.45, 2.75) is 52.0 Å². The number of aryl methyl sites for hydroxylation is 1. The summed E-state index contributed by atoms with van der Waals surface area (Å²) in [7, 11) is 0. The standard InChI is InChI=1S/C18H25NO3/c1-3-4-5-14-6-8-15(9-7-14)12-17(20)19-11-10-16(13(19)2)18(21)22/h6-9,13,16H,3-5,10-12H2,1-2H3,(H,21,22). The SMILES string of the molecule is CCCCc1ccc(CC(=O)N2CCC(C(=O)O)C2C)cc1. The summed E-state index contributed by atoms with van der Waals surface area (Å²) in [5, 5.41) is 9.14. The van der Waals surface area contributed by atoms with Crippen LogP contribution in [0.3, 0.4) is 0 Å². The quantitative estimate of drug-likeness (QED) is 0.879. The smallest absolute Gasteiger partial charge is 0.308 e. The van der Waals surface area contributed by atoms with Gasteiger partial charge in [0, 0.05) is 12.6 Å². The van der Waals surface area contributed by atoms with Gasteiger partial charge >= 0.3 is 5.97 Å². The maximum atomic E-state index is 12.4. The molecule has 1 fully saturated rings. The predicted molar refractivity (Wildman–Crippen MR) is 85.7 cm³/mol. The van der Waals surface area contributed by atoms with Gasteiger partial charge in [0.05, 0.1) is 12.3 Å². The van der Waals surface area contributed by atoms with E-state index in [0.717, 1.165) is 12.0 Å². The second-order valence-electron chi connectivity index (χ2n) is 6.16. The van der Waals surface area contributed by atoms with Gasteiger partial charge in [-0.1, -0.05) is 37.6 Å². The van der Waals surface area contributed by atoms with Gasteiger partial charge in [0.2, 0.25) is 5.91 Å². The average molecular weight is 303 g/mol. The minimum atomic E-state index is -0.803. The molecule has 0 saturated carbocycles. The van der Waals surface area contributed by atoms with E-state index < -0.39 is 11.9 Å². The molecule has 4 nitrogen and oxygen atoms in total. The van der Waals surface area contributed by atoms with Gasteiger partial charge in [0.15, 0.2) is 0 Å². The minimum absolute atomic E-state index is 0.0255. The fourth-order valence-corrected chi connectivity index (χ4v) is 3.10. The highest BCUT2D eigenvalue weighted by Gasteiger charge is 2.37. The zero-order valence-corrected chi connectivity index (χ0v) is 13.4. The molecule has 1 N–H and O–H groups in total. The average Bonchev–Trinajstić information content (AvgIpc) is 2.88. The second kappa shape index (κ2) is 7.43. The lowest BCUT2D eigenvalue weighted by molar-refractivity contribution is -0.143. The molecule has 120 valence electrons. The Morgan fingerprint density at radius 2 is 1.86 bits per heavy atom. The van der Waals surface area contributed by atoms with E-state index in [2.05, 4.69) is 19.1 Å². The fraction of sp³-hybridized carbons (Fsp3) is 0.556. The lowest BCUT2D eigenvalue weighted by Gasteiger charge is -2.23. The molecule has 1 amide bonds. The van der Waals surface area contributed by atoms with Crippen LogP contribution in [0.25, 0.3) is 0 Å². The van der Waals surface area contributed by atoms with E-state index in [4.69, 9.17) is 5.11 Å². The van der Waals surface area contributed by atoms with Crippen molar-refractivity contribution < 1.29 is 14.7 Å². The van der Waals surface area contributed by atoms with Crippen molar-refractivity contribution in [2.24, 2.45) is 5.92 Å². The number of amides is 1. The van der Waals surface area contributed by atoms with E-state index in [-0.39, 0.29) is 11.9 Å². The number of carboxylic acid groups (broad SMARTS) is 1. The molecule has 0 spiro atoms. The molecule has 1 aromatic carbocycles. The maximum Gasteiger partial charge on any atom is 0.308 e. The molecular weight excluding hydrogens is 278 g/mol. The molecule has 0 aliphatic carbocycles. The summed E-state index contributed by atoms with van der Waals surface area (Å²) in [6.45, 7) is 4.55. The van der Waals surface area contributed by atoms with Crippen LogP contribution in [-0.4, -0.2) is 34.5 Å². The molecule has 1 heterocycles. The summed E-state index contributed by atoms with van der Waals surface area (Å²) in [4.78, 5) is 25.2. The number of likely N-dealkylation sites (tertiary alicyclic amines) is 1. The Hall–Kier alpha value is -1.84. The largest absolute Gasteiger partial charge is 0.481 e. The number of hydrogen-bond acceptors (Lipinski definition) is 2. The Morgan fingerprint density at radius 3 is 2.41 bits per heavy atom. The topological polar surface area (TPSA) is 57.6 Å². The van der Waals surface area contributed by atoms with Crippen molar-refractivity contribution in [1.29, 1.82) is 0 Å². The first-order valence-corrected chi connectivity index (χ1v) is 8.13. The van der Waals surface area contributed by atoms with Gasteiger partial charge in [-0.3, -0.25) is 9.59 Å². The van der Waals surface area contributed by atoms with Crippen LogP contribution in [0.5, 0.6) is 0 Å². The van der Waals surface area contributed by atoms with Gasteiger partial charge in [0.25, 0.3) is 0 Å². The summed E-state index contributed by atoms with van der Waals surface area (Å²) in [5.74, 6) is -1.21. The first-order chi connectivity index (χ1) is 10.5. The van der Waals surface area contributed by atoms with Gasteiger partial charge < -0.3 is 10.0 Å². The van der Waals surface area contributed by atoms with E-state index >= 15 is 0 Å². The summed E-state index contributed by atoms with van der Waals surface area (Å²) in [6.07, 6.45) is 4.34. The Bertz CT molecular complexity index is 524. The molecule has 0 bridgehead atoms. The van der Waals surface area contributed by atoms with E-state index in [0.29, 0.717) is 19.4 Å². The van der Waals surface area contributed by atoms with Crippen LogP contribution in [-0.2, 0) is 22.4 Å². The normalized spacial score (nSPS) is 21.1. The Kier molecular flexibility index (Phi) is 5.58. The summed E-state index contributed by atoms with van der Waals surface area (Å²) in [6, 6.07) is 7.99. The highest BCUT2D eigenvalue weighted by Crippen LogP contribution is 2.25. The molecule has 0 aromatic heterocycles. The zero-order chi connectivity index (χ0) is 16.1. The van der Waals surface area contributed by atoms with E-state index in [1.807, 2.05) is 19.1 Å². The number of carbonyl (C=O) groups excluding carboxylic acids is 1. The molecule has 1 aliphatic rings. The van der Waals surface area contributed by atoms with Crippen molar-refractivity contribution in [2.75, 3.05) is 6.54 Å².